The van der Waals surface area contributed by atoms with Crippen LogP contribution in [0.25, 0.3) is 22.2 Å². The summed E-state index contributed by atoms with van der Waals surface area (Å²) in [6.45, 7) is 20.0. The summed E-state index contributed by atoms with van der Waals surface area (Å²) in [6.07, 6.45) is 9.29. The van der Waals surface area contributed by atoms with E-state index >= 15 is 0 Å². The number of rotatable bonds is 17. The number of fused-ring (bicyclic) bond motifs is 1. The molecule has 4 aromatic rings. The number of pyridine rings is 1. The minimum atomic E-state index is -1.28. The molecule has 0 saturated carbocycles. The van der Waals surface area contributed by atoms with Crippen molar-refractivity contribution in [2.24, 2.45) is 0 Å². The van der Waals surface area contributed by atoms with E-state index in [1.807, 2.05) is 40.0 Å². The van der Waals surface area contributed by atoms with Crippen molar-refractivity contribution in [2.75, 3.05) is 26.4 Å². The van der Waals surface area contributed by atoms with E-state index in [2.05, 4.69) is 64.7 Å². The van der Waals surface area contributed by atoms with E-state index in [1.165, 1.54) is 0 Å². The van der Waals surface area contributed by atoms with Crippen molar-refractivity contribution < 1.29 is 23.2 Å². The fourth-order valence-electron chi connectivity index (χ4n) is 6.26. The van der Waals surface area contributed by atoms with Crippen LogP contribution in [0.2, 0.25) is 25.7 Å². The summed E-state index contributed by atoms with van der Waals surface area (Å²) in [4.78, 5) is 14.1. The summed E-state index contributed by atoms with van der Waals surface area (Å²) in [6, 6.07) is 11.4. The number of hydrogen-bond acceptors (Lipinski definition) is 9. The second-order valence-corrected chi connectivity index (χ2v) is 22.9. The maximum absolute atomic E-state index is 14.1. The van der Waals surface area contributed by atoms with Crippen LogP contribution < -0.4 is 0 Å². The van der Waals surface area contributed by atoms with Gasteiger partial charge in [-0.25, -0.2) is 9.97 Å². The Hall–Kier alpha value is -2.58. The van der Waals surface area contributed by atoms with Gasteiger partial charge in [0, 0.05) is 55.7 Å². The fourth-order valence-corrected chi connectivity index (χ4v) is 8.39. The lowest BCUT2D eigenvalue weighted by atomic mass is 10.0. The second-order valence-electron chi connectivity index (χ2n) is 15.1. The summed E-state index contributed by atoms with van der Waals surface area (Å²) in [5.41, 5.74) is 4.00. The van der Waals surface area contributed by atoms with Crippen LogP contribution in [-0.2, 0) is 38.1 Å². The molecule has 3 aromatic heterocycles. The maximum Gasteiger partial charge on any atom is 0.255 e. The van der Waals surface area contributed by atoms with Gasteiger partial charge in [-0.15, -0.1) is 4.31 Å². The Morgan fingerprint density at radius 3 is 2.53 bits per heavy atom. The number of hydrogen-bond donors (Lipinski definition) is 0. The average Bonchev–Trinajstić information content (AvgIpc) is 3.83. The Balaban J connectivity index is 1.43. The average molecular weight is 710 g/mol. The van der Waals surface area contributed by atoms with Gasteiger partial charge >= 0.3 is 0 Å². The normalized spacial score (nSPS) is 16.5. The van der Waals surface area contributed by atoms with E-state index in [4.69, 9.17) is 28.6 Å². The zero-order valence-electron chi connectivity index (χ0n) is 30.7. The Labute approximate surface area is 296 Å². The van der Waals surface area contributed by atoms with Gasteiger partial charge in [0.05, 0.1) is 36.8 Å². The molecule has 1 aliphatic heterocycles. The molecule has 0 N–H and O–H groups in total. The van der Waals surface area contributed by atoms with Crippen molar-refractivity contribution in [1.82, 2.24) is 23.8 Å². The zero-order valence-corrected chi connectivity index (χ0v) is 32.5. The van der Waals surface area contributed by atoms with Gasteiger partial charge in [0.1, 0.15) is 29.6 Å². The second kappa shape index (κ2) is 16.2. The topological polar surface area (TPSA) is 111 Å². The van der Waals surface area contributed by atoms with Crippen LogP contribution in [0.1, 0.15) is 83.2 Å². The summed E-state index contributed by atoms with van der Waals surface area (Å²) in [5.74, 6) is 0.436. The van der Waals surface area contributed by atoms with Crippen molar-refractivity contribution in [3.63, 3.8) is 0 Å². The van der Waals surface area contributed by atoms with E-state index in [0.29, 0.717) is 45.4 Å². The molecule has 12 heteroatoms. The summed E-state index contributed by atoms with van der Waals surface area (Å²) in [5, 5.41) is 1.08. The summed E-state index contributed by atoms with van der Waals surface area (Å²) < 4.78 is 42.0. The molecule has 10 nitrogen and oxygen atoms in total. The van der Waals surface area contributed by atoms with Crippen LogP contribution in [0.15, 0.2) is 53.4 Å². The smallest absolute Gasteiger partial charge is 0.255 e. The standard InChI is InChI=1S/C37H55N5O5SSi/c1-9-42(48(43)36(3,4)5)32(13-11-10-12-18-37(46-21-22-47-37)35-38-19-20-45-35)34-39-26-33(41(34)27-44-23-24-49(6,7)8)30-16-17-31-29(25-30)15-14-28(2)40-31/h14-17,19-20,25-26,32H,9-13,18,21-24,27H2,1-8H3. The fraction of sp³-hybridized carbons (Fsp3) is 0.595. The molecule has 1 aromatic carbocycles. The minimum Gasteiger partial charge on any atom is -0.597 e. The van der Waals surface area contributed by atoms with Crippen LogP contribution in [-0.4, -0.2) is 67.6 Å². The lowest BCUT2D eigenvalue weighted by Crippen LogP contribution is -2.45. The first kappa shape index (κ1) is 37.7. The van der Waals surface area contributed by atoms with Gasteiger partial charge in [-0.05, 0) is 71.7 Å². The molecule has 1 saturated heterocycles. The highest BCUT2D eigenvalue weighted by atomic mass is 32.2. The monoisotopic (exact) mass is 709 g/mol. The number of nitrogens with zero attached hydrogens (tertiary/aromatic N) is 5. The highest BCUT2D eigenvalue weighted by Crippen LogP contribution is 2.38. The van der Waals surface area contributed by atoms with Crippen LogP contribution in [0.3, 0.4) is 0 Å². The number of aromatic nitrogens is 4. The van der Waals surface area contributed by atoms with Crippen molar-refractivity contribution >= 4 is 30.3 Å². The maximum atomic E-state index is 14.1. The molecule has 4 heterocycles. The molecule has 1 aliphatic rings. The molecule has 0 amide bonds. The lowest BCUT2D eigenvalue weighted by Gasteiger charge is -2.37. The van der Waals surface area contributed by atoms with E-state index in [1.54, 1.807) is 12.5 Å². The Kier molecular flexibility index (Phi) is 12.4. The number of unbranched alkanes of at least 4 members (excludes halogenated alkanes) is 2. The number of imidazole rings is 1. The van der Waals surface area contributed by atoms with Gasteiger partial charge in [0.25, 0.3) is 5.89 Å². The van der Waals surface area contributed by atoms with Crippen molar-refractivity contribution in [1.29, 1.82) is 0 Å². The number of ether oxygens (including phenoxy) is 3. The minimum absolute atomic E-state index is 0.177. The van der Waals surface area contributed by atoms with Crippen LogP contribution in [0, 0.1) is 6.92 Å². The molecular weight excluding hydrogens is 655 g/mol. The van der Waals surface area contributed by atoms with Gasteiger partial charge in [-0.3, -0.25) is 4.98 Å². The number of oxazole rings is 1. The lowest BCUT2D eigenvalue weighted by molar-refractivity contribution is -0.187. The molecule has 49 heavy (non-hydrogen) atoms. The molecular formula is C37H55N5O5SSi. The van der Waals surface area contributed by atoms with E-state index in [-0.39, 0.29) is 6.04 Å². The first-order chi connectivity index (χ1) is 23.3. The Morgan fingerprint density at radius 2 is 1.86 bits per heavy atom. The van der Waals surface area contributed by atoms with E-state index in [9.17, 15) is 4.55 Å². The van der Waals surface area contributed by atoms with Crippen molar-refractivity contribution in [3.8, 4) is 11.3 Å². The third-order valence-corrected chi connectivity index (χ3v) is 12.6. The van der Waals surface area contributed by atoms with Gasteiger partial charge < -0.3 is 27.7 Å². The predicted molar refractivity (Wildman–Crippen MR) is 198 cm³/mol. The molecule has 1 fully saturated rings. The first-order valence-electron chi connectivity index (χ1n) is 17.7. The third kappa shape index (κ3) is 9.40. The molecule has 0 aliphatic carbocycles. The molecule has 0 bridgehead atoms. The molecule has 2 unspecified atom stereocenters. The summed E-state index contributed by atoms with van der Waals surface area (Å²) >= 11 is -1.25. The number of benzene rings is 1. The molecule has 268 valence electrons. The molecule has 0 radical (unpaired) electrons. The SMILES string of the molecule is CCN(C(CCCCCC1(c2ncco2)OCCO1)c1ncc(-c2ccc3nc(C)ccc3c2)n1COCC[Si](C)(C)C)[S+]([O-])C(C)(C)C. The van der Waals surface area contributed by atoms with Gasteiger partial charge in [-0.2, -0.15) is 0 Å². The zero-order chi connectivity index (χ0) is 35.2. The van der Waals surface area contributed by atoms with Crippen LogP contribution >= 0.6 is 0 Å². The molecule has 2 atom stereocenters. The van der Waals surface area contributed by atoms with Crippen molar-refractivity contribution in [3.05, 3.63) is 66.4 Å². The van der Waals surface area contributed by atoms with Crippen molar-refractivity contribution in [2.45, 2.75) is 116 Å². The molecule has 5 rings (SSSR count). The summed E-state index contributed by atoms with van der Waals surface area (Å²) in [7, 11) is -1.28. The van der Waals surface area contributed by atoms with Gasteiger partial charge in [-0.1, -0.05) is 44.6 Å². The Morgan fingerprint density at radius 1 is 1.08 bits per heavy atom. The van der Waals surface area contributed by atoms with Crippen LogP contribution in [0.4, 0.5) is 0 Å². The highest BCUT2D eigenvalue weighted by molar-refractivity contribution is 7.90. The van der Waals surface area contributed by atoms with E-state index in [0.717, 1.165) is 65.4 Å². The van der Waals surface area contributed by atoms with Gasteiger partial charge in [0.2, 0.25) is 5.79 Å². The van der Waals surface area contributed by atoms with Crippen LogP contribution in [0.5, 0.6) is 0 Å². The predicted octanol–water partition coefficient (Wildman–Crippen LogP) is 8.38. The Bertz CT molecular complexity index is 1630. The largest absolute Gasteiger partial charge is 0.597 e. The quantitative estimate of drug-likeness (QED) is 0.0606. The number of aryl methyl sites for hydroxylation is 1. The highest BCUT2D eigenvalue weighted by Gasteiger charge is 2.43. The van der Waals surface area contributed by atoms with E-state index < -0.39 is 30.0 Å². The third-order valence-electron chi connectivity index (χ3n) is 8.92. The molecule has 0 spiro atoms. The first-order valence-corrected chi connectivity index (χ1v) is 22.5. The van der Waals surface area contributed by atoms with Gasteiger partial charge in [0.15, 0.2) is 0 Å².